The summed E-state index contributed by atoms with van der Waals surface area (Å²) < 4.78 is 0. The first kappa shape index (κ1) is 12.4. The van der Waals surface area contributed by atoms with E-state index in [4.69, 9.17) is 11.6 Å². The number of alkyl halides is 1. The molecule has 2 fully saturated rings. The molecule has 17 heavy (non-hydrogen) atoms. The third-order valence-electron chi connectivity index (χ3n) is 3.47. The third-order valence-corrected chi connectivity index (χ3v) is 3.97. The van der Waals surface area contributed by atoms with Crippen LogP contribution in [0.25, 0.3) is 0 Å². The number of piperidine rings is 1. The minimum absolute atomic E-state index is 0.139. The first-order valence-electron chi connectivity index (χ1n) is 5.82. The van der Waals surface area contributed by atoms with Crippen LogP contribution in [0, 0.1) is 11.8 Å². The number of nitrogens with zero attached hydrogens (tertiary/aromatic N) is 1. The number of hydrogen-bond donors (Lipinski definition) is 1. The number of carbonyl (C=O) groups is 3. The van der Waals surface area contributed by atoms with Crippen LogP contribution in [0.5, 0.6) is 0 Å². The molecule has 0 bridgehead atoms. The van der Waals surface area contributed by atoms with Gasteiger partial charge in [0.15, 0.2) is 0 Å². The van der Waals surface area contributed by atoms with Gasteiger partial charge in [0, 0.05) is 13.1 Å². The summed E-state index contributed by atoms with van der Waals surface area (Å²) in [6.07, 6.45) is 1.11. The Bertz CT molecular complexity index is 372. The lowest BCUT2D eigenvalue weighted by Gasteiger charge is -2.33. The summed E-state index contributed by atoms with van der Waals surface area (Å²) in [5.74, 6) is -1.26. The summed E-state index contributed by atoms with van der Waals surface area (Å²) in [7, 11) is 0. The molecule has 2 aliphatic rings. The van der Waals surface area contributed by atoms with Crippen LogP contribution in [0.2, 0.25) is 0 Å². The van der Waals surface area contributed by atoms with E-state index in [9.17, 15) is 14.4 Å². The molecule has 1 N–H and O–H groups in total. The van der Waals surface area contributed by atoms with Gasteiger partial charge in [-0.25, -0.2) is 0 Å². The lowest BCUT2D eigenvalue weighted by atomic mass is 9.87. The van der Waals surface area contributed by atoms with Gasteiger partial charge in [0.2, 0.25) is 17.7 Å². The molecule has 0 spiro atoms. The Morgan fingerprint density at radius 3 is 2.76 bits per heavy atom. The summed E-state index contributed by atoms with van der Waals surface area (Å²) in [4.78, 5) is 36.4. The van der Waals surface area contributed by atoms with Crippen LogP contribution in [0.3, 0.4) is 0 Å². The highest BCUT2D eigenvalue weighted by molar-refractivity contribution is 6.30. The van der Waals surface area contributed by atoms with Crippen molar-refractivity contribution in [2.24, 2.45) is 11.8 Å². The monoisotopic (exact) mass is 258 g/mol. The smallest absolute Gasteiger partial charge is 0.240 e. The molecule has 0 aliphatic carbocycles. The fraction of sp³-hybridized carbons (Fsp3) is 0.727. The highest BCUT2D eigenvalue weighted by atomic mass is 35.5. The Balaban J connectivity index is 2.05. The summed E-state index contributed by atoms with van der Waals surface area (Å²) in [6.45, 7) is 2.66. The first-order valence-corrected chi connectivity index (χ1v) is 6.25. The molecule has 0 aromatic rings. The third kappa shape index (κ3) is 2.16. The van der Waals surface area contributed by atoms with Crippen LogP contribution in [-0.4, -0.2) is 41.1 Å². The predicted octanol–water partition coefficient (Wildman–Crippen LogP) is 0.125. The molecule has 3 atom stereocenters. The van der Waals surface area contributed by atoms with Crippen molar-refractivity contribution in [2.75, 3.05) is 13.1 Å². The van der Waals surface area contributed by atoms with E-state index in [2.05, 4.69) is 5.32 Å². The second-order valence-electron chi connectivity index (χ2n) is 4.52. The van der Waals surface area contributed by atoms with Crippen LogP contribution < -0.4 is 5.32 Å². The molecule has 0 aromatic heterocycles. The van der Waals surface area contributed by atoms with E-state index in [1.54, 1.807) is 4.90 Å². The zero-order chi connectivity index (χ0) is 12.6. The molecule has 2 heterocycles. The average Bonchev–Trinajstić information content (AvgIpc) is 2.62. The molecule has 0 radical (unpaired) electrons. The molecule has 94 valence electrons. The molecule has 6 heteroatoms. The zero-order valence-corrected chi connectivity index (χ0v) is 10.4. The molecular formula is C11H15ClN2O3. The number of hydrogen-bond acceptors (Lipinski definition) is 3. The summed E-state index contributed by atoms with van der Waals surface area (Å²) in [6, 6.07) is 0. The maximum atomic E-state index is 11.9. The van der Waals surface area contributed by atoms with Gasteiger partial charge >= 0.3 is 0 Å². The first-order chi connectivity index (χ1) is 8.04. The van der Waals surface area contributed by atoms with E-state index >= 15 is 0 Å². The van der Waals surface area contributed by atoms with Crippen molar-refractivity contribution < 1.29 is 14.4 Å². The van der Waals surface area contributed by atoms with Crippen molar-refractivity contribution in [1.29, 1.82) is 0 Å². The maximum absolute atomic E-state index is 11.9. The Hall–Kier alpha value is -1.10. The fourth-order valence-electron chi connectivity index (χ4n) is 2.41. The number of carbonyl (C=O) groups excluding carboxylic acids is 3. The van der Waals surface area contributed by atoms with Crippen molar-refractivity contribution in [3.8, 4) is 0 Å². The molecule has 0 saturated carbocycles. The van der Waals surface area contributed by atoms with Crippen molar-refractivity contribution in [3.63, 3.8) is 0 Å². The fourth-order valence-corrected chi connectivity index (χ4v) is 2.55. The van der Waals surface area contributed by atoms with Gasteiger partial charge < -0.3 is 4.90 Å². The summed E-state index contributed by atoms with van der Waals surface area (Å²) in [5, 5.41) is 1.78. The Kier molecular flexibility index (Phi) is 3.38. The standard InChI is InChI=1S/C11H15ClN2O3/c1-2-8(12)11(17)14-4-3-6-7(5-14)10(16)13-9(6)15/h6-8H,2-5H2,1H3,(H,13,15,16)/t6-,7-,8+/m1/s1. The molecule has 0 unspecified atom stereocenters. The number of fused-ring (bicyclic) bond motifs is 1. The molecular weight excluding hydrogens is 244 g/mol. The zero-order valence-electron chi connectivity index (χ0n) is 9.61. The molecule has 0 aromatic carbocycles. The van der Waals surface area contributed by atoms with Crippen molar-refractivity contribution >= 4 is 29.3 Å². The molecule has 2 saturated heterocycles. The number of imide groups is 1. The van der Waals surface area contributed by atoms with Gasteiger partial charge in [-0.3, -0.25) is 19.7 Å². The van der Waals surface area contributed by atoms with Crippen LogP contribution in [0.4, 0.5) is 0 Å². The molecule has 3 amide bonds. The summed E-state index contributed by atoms with van der Waals surface area (Å²) in [5.41, 5.74) is 0. The van der Waals surface area contributed by atoms with Gasteiger partial charge in [0.05, 0.1) is 11.8 Å². The van der Waals surface area contributed by atoms with Gasteiger partial charge in [-0.1, -0.05) is 6.92 Å². The second-order valence-corrected chi connectivity index (χ2v) is 5.04. The average molecular weight is 259 g/mol. The van der Waals surface area contributed by atoms with Crippen LogP contribution in [0.1, 0.15) is 19.8 Å². The van der Waals surface area contributed by atoms with E-state index in [0.29, 0.717) is 25.9 Å². The second kappa shape index (κ2) is 4.64. The van der Waals surface area contributed by atoms with E-state index < -0.39 is 5.38 Å². The van der Waals surface area contributed by atoms with Crippen molar-refractivity contribution in [1.82, 2.24) is 10.2 Å². The van der Waals surface area contributed by atoms with E-state index in [-0.39, 0.29) is 29.6 Å². The number of halogens is 1. The number of rotatable bonds is 2. The molecule has 5 nitrogen and oxygen atoms in total. The quantitative estimate of drug-likeness (QED) is 0.565. The van der Waals surface area contributed by atoms with Gasteiger partial charge in [-0.15, -0.1) is 11.6 Å². The highest BCUT2D eigenvalue weighted by Crippen LogP contribution is 2.29. The highest BCUT2D eigenvalue weighted by Gasteiger charge is 2.45. The van der Waals surface area contributed by atoms with Gasteiger partial charge in [0.25, 0.3) is 0 Å². The minimum atomic E-state index is -0.535. The summed E-state index contributed by atoms with van der Waals surface area (Å²) >= 11 is 5.90. The molecule has 2 aliphatic heterocycles. The molecule has 2 rings (SSSR count). The van der Waals surface area contributed by atoms with Crippen molar-refractivity contribution in [3.05, 3.63) is 0 Å². The number of amides is 3. The van der Waals surface area contributed by atoms with Gasteiger partial charge in [-0.2, -0.15) is 0 Å². The number of likely N-dealkylation sites (tertiary alicyclic amines) is 1. The Labute approximate surface area is 104 Å². The number of nitrogens with one attached hydrogen (secondary N) is 1. The largest absolute Gasteiger partial charge is 0.341 e. The van der Waals surface area contributed by atoms with Crippen molar-refractivity contribution in [2.45, 2.75) is 25.1 Å². The Morgan fingerprint density at radius 2 is 2.12 bits per heavy atom. The topological polar surface area (TPSA) is 66.5 Å². The van der Waals surface area contributed by atoms with E-state index in [0.717, 1.165) is 0 Å². The van der Waals surface area contributed by atoms with Crippen LogP contribution in [-0.2, 0) is 14.4 Å². The normalized spacial score (nSPS) is 29.9. The van der Waals surface area contributed by atoms with E-state index in [1.165, 1.54) is 0 Å². The minimum Gasteiger partial charge on any atom is -0.341 e. The SMILES string of the molecule is CC[C@H](Cl)C(=O)N1CC[C@H]2C(=O)NC(=O)[C@@H]2C1. The van der Waals surface area contributed by atoms with Gasteiger partial charge in [0.1, 0.15) is 5.38 Å². The lowest BCUT2D eigenvalue weighted by Crippen LogP contribution is -2.47. The lowest BCUT2D eigenvalue weighted by molar-refractivity contribution is -0.136. The Morgan fingerprint density at radius 1 is 1.47 bits per heavy atom. The maximum Gasteiger partial charge on any atom is 0.240 e. The van der Waals surface area contributed by atoms with Gasteiger partial charge in [-0.05, 0) is 12.8 Å². The van der Waals surface area contributed by atoms with Crippen LogP contribution >= 0.6 is 11.6 Å². The van der Waals surface area contributed by atoms with E-state index in [1.807, 2.05) is 6.92 Å². The predicted molar refractivity (Wildman–Crippen MR) is 61.3 cm³/mol. The van der Waals surface area contributed by atoms with Crippen LogP contribution in [0.15, 0.2) is 0 Å².